The Morgan fingerprint density at radius 2 is 1.70 bits per heavy atom. The first kappa shape index (κ1) is 24.6. The third-order valence-corrected chi connectivity index (χ3v) is 5.68. The summed E-state index contributed by atoms with van der Waals surface area (Å²) in [6.45, 7) is 11.2. The van der Waals surface area contributed by atoms with Gasteiger partial charge in [-0.25, -0.2) is 4.39 Å². The maximum Gasteiger partial charge on any atom is 0.242 e. The molecular weight excluding hydrogens is 421 g/mol. The number of nitrogens with zero attached hydrogens (tertiary/aromatic N) is 5. The van der Waals surface area contributed by atoms with E-state index in [4.69, 9.17) is 0 Å². The van der Waals surface area contributed by atoms with E-state index in [0.29, 0.717) is 37.8 Å². The molecular formula is C25H34FN5O2. The molecule has 33 heavy (non-hydrogen) atoms. The number of carbonyl (C=O) groups excluding carboxylic acids is 2. The quantitative estimate of drug-likeness (QED) is 0.640. The van der Waals surface area contributed by atoms with Gasteiger partial charge in [0.15, 0.2) is 5.82 Å². The lowest BCUT2D eigenvalue weighted by Gasteiger charge is -2.29. The van der Waals surface area contributed by atoms with Crippen LogP contribution in [0.25, 0.3) is 11.3 Å². The number of rotatable bonds is 7. The number of halogens is 1. The second-order valence-electron chi connectivity index (χ2n) is 9.27. The van der Waals surface area contributed by atoms with Crippen LogP contribution in [0.3, 0.4) is 0 Å². The van der Waals surface area contributed by atoms with Crippen LogP contribution < -0.4 is 4.90 Å². The first-order valence-electron chi connectivity index (χ1n) is 11.7. The Hall–Kier alpha value is -3.03. The summed E-state index contributed by atoms with van der Waals surface area (Å²) in [7, 11) is 0. The SMILES string of the molecule is CC(C)CN(CC(=O)N1CCCN(c2ccc(-c3ccc(F)cc3)nn2)CC1)C(=O)C(C)C. The fourth-order valence-electron chi connectivity index (χ4n) is 3.97. The highest BCUT2D eigenvalue weighted by Crippen LogP contribution is 2.20. The molecule has 1 fully saturated rings. The second-order valence-corrected chi connectivity index (χ2v) is 9.27. The number of hydrogen-bond donors (Lipinski definition) is 0. The molecule has 0 spiro atoms. The number of aromatic nitrogens is 2. The molecule has 1 aromatic carbocycles. The normalized spacial score (nSPS) is 14.5. The van der Waals surface area contributed by atoms with E-state index in [1.165, 1.54) is 12.1 Å². The van der Waals surface area contributed by atoms with E-state index in [1.807, 2.05) is 30.9 Å². The third kappa shape index (κ3) is 6.73. The van der Waals surface area contributed by atoms with E-state index in [9.17, 15) is 14.0 Å². The van der Waals surface area contributed by atoms with Gasteiger partial charge in [0.25, 0.3) is 0 Å². The monoisotopic (exact) mass is 455 g/mol. The van der Waals surface area contributed by atoms with Gasteiger partial charge in [-0.05, 0) is 48.7 Å². The molecule has 2 amide bonds. The predicted octanol–water partition coefficient (Wildman–Crippen LogP) is 3.46. The Kier molecular flexibility index (Phi) is 8.36. The summed E-state index contributed by atoms with van der Waals surface area (Å²) in [6, 6.07) is 9.96. The maximum atomic E-state index is 13.1. The van der Waals surface area contributed by atoms with Crippen LogP contribution in [0.1, 0.15) is 34.1 Å². The van der Waals surface area contributed by atoms with E-state index in [0.717, 1.165) is 24.3 Å². The second kappa shape index (κ2) is 11.2. The Balaban J connectivity index is 1.60. The van der Waals surface area contributed by atoms with Crippen molar-refractivity contribution in [3.8, 4) is 11.3 Å². The summed E-state index contributed by atoms with van der Waals surface area (Å²) in [4.78, 5) is 31.2. The van der Waals surface area contributed by atoms with Gasteiger partial charge < -0.3 is 14.7 Å². The summed E-state index contributed by atoms with van der Waals surface area (Å²) >= 11 is 0. The zero-order valence-corrected chi connectivity index (χ0v) is 20.0. The first-order valence-corrected chi connectivity index (χ1v) is 11.7. The van der Waals surface area contributed by atoms with Crippen molar-refractivity contribution < 1.29 is 14.0 Å². The van der Waals surface area contributed by atoms with Gasteiger partial charge in [0.05, 0.1) is 12.2 Å². The van der Waals surface area contributed by atoms with Crippen molar-refractivity contribution in [3.63, 3.8) is 0 Å². The molecule has 1 aromatic heterocycles. The van der Waals surface area contributed by atoms with E-state index in [2.05, 4.69) is 28.9 Å². The van der Waals surface area contributed by atoms with Crippen molar-refractivity contribution >= 4 is 17.6 Å². The van der Waals surface area contributed by atoms with Crippen molar-refractivity contribution in [2.24, 2.45) is 11.8 Å². The predicted molar refractivity (Wildman–Crippen MR) is 127 cm³/mol. The summed E-state index contributed by atoms with van der Waals surface area (Å²) in [5.74, 6) is 0.651. The molecule has 0 N–H and O–H groups in total. The summed E-state index contributed by atoms with van der Waals surface area (Å²) in [6.07, 6.45) is 0.815. The van der Waals surface area contributed by atoms with Crippen molar-refractivity contribution in [3.05, 3.63) is 42.2 Å². The van der Waals surface area contributed by atoms with Crippen LogP contribution in [0.4, 0.5) is 10.2 Å². The van der Waals surface area contributed by atoms with Gasteiger partial charge in [-0.2, -0.15) is 0 Å². The summed E-state index contributed by atoms with van der Waals surface area (Å²) in [5, 5.41) is 8.66. The van der Waals surface area contributed by atoms with E-state index in [1.54, 1.807) is 17.0 Å². The molecule has 1 saturated heterocycles. The lowest BCUT2D eigenvalue weighted by Crippen LogP contribution is -2.46. The Bertz CT molecular complexity index is 931. The molecule has 2 aromatic rings. The highest BCUT2D eigenvalue weighted by molar-refractivity contribution is 5.85. The Morgan fingerprint density at radius 1 is 0.970 bits per heavy atom. The lowest BCUT2D eigenvalue weighted by atomic mass is 10.1. The first-order chi connectivity index (χ1) is 15.7. The molecule has 1 aliphatic heterocycles. The molecule has 7 nitrogen and oxygen atoms in total. The molecule has 0 aliphatic carbocycles. The molecule has 1 aliphatic rings. The number of anilines is 1. The van der Waals surface area contributed by atoms with Crippen molar-refractivity contribution in [1.29, 1.82) is 0 Å². The average Bonchev–Trinajstić information content (AvgIpc) is 3.05. The van der Waals surface area contributed by atoms with Gasteiger partial charge in [-0.1, -0.05) is 27.7 Å². The smallest absolute Gasteiger partial charge is 0.242 e. The minimum atomic E-state index is -0.284. The van der Waals surface area contributed by atoms with Crippen LogP contribution in [0.2, 0.25) is 0 Å². The van der Waals surface area contributed by atoms with E-state index in [-0.39, 0.29) is 30.1 Å². The van der Waals surface area contributed by atoms with Gasteiger partial charge in [-0.15, -0.1) is 10.2 Å². The zero-order valence-electron chi connectivity index (χ0n) is 20.0. The van der Waals surface area contributed by atoms with Gasteiger partial charge in [0.1, 0.15) is 5.82 Å². The highest BCUT2D eigenvalue weighted by atomic mass is 19.1. The Morgan fingerprint density at radius 3 is 2.30 bits per heavy atom. The fraction of sp³-hybridized carbons (Fsp3) is 0.520. The van der Waals surface area contributed by atoms with Crippen LogP contribution in [0.5, 0.6) is 0 Å². The molecule has 0 unspecified atom stereocenters. The molecule has 8 heteroatoms. The minimum absolute atomic E-state index is 0.00996. The van der Waals surface area contributed by atoms with Gasteiger partial charge in [-0.3, -0.25) is 9.59 Å². The van der Waals surface area contributed by atoms with E-state index >= 15 is 0 Å². The summed E-state index contributed by atoms with van der Waals surface area (Å²) in [5.41, 5.74) is 1.50. The molecule has 0 atom stereocenters. The van der Waals surface area contributed by atoms with Crippen LogP contribution in [0, 0.1) is 17.7 Å². The molecule has 0 bridgehead atoms. The third-order valence-electron chi connectivity index (χ3n) is 5.68. The number of amides is 2. The lowest BCUT2D eigenvalue weighted by molar-refractivity contribution is -0.142. The van der Waals surface area contributed by atoms with Gasteiger partial charge in [0.2, 0.25) is 11.8 Å². The van der Waals surface area contributed by atoms with Crippen LogP contribution in [-0.4, -0.2) is 71.1 Å². The zero-order chi connectivity index (χ0) is 24.0. The Labute approximate surface area is 195 Å². The molecule has 0 radical (unpaired) electrons. The summed E-state index contributed by atoms with van der Waals surface area (Å²) < 4.78 is 13.1. The maximum absolute atomic E-state index is 13.1. The molecule has 2 heterocycles. The van der Waals surface area contributed by atoms with Gasteiger partial charge in [0, 0.05) is 44.2 Å². The van der Waals surface area contributed by atoms with Crippen molar-refractivity contribution in [2.75, 3.05) is 44.2 Å². The van der Waals surface area contributed by atoms with Crippen molar-refractivity contribution in [1.82, 2.24) is 20.0 Å². The number of benzene rings is 1. The number of hydrogen-bond acceptors (Lipinski definition) is 5. The highest BCUT2D eigenvalue weighted by Gasteiger charge is 2.25. The average molecular weight is 456 g/mol. The topological polar surface area (TPSA) is 69.6 Å². The van der Waals surface area contributed by atoms with Gasteiger partial charge >= 0.3 is 0 Å². The van der Waals surface area contributed by atoms with Crippen LogP contribution in [0.15, 0.2) is 36.4 Å². The fourth-order valence-corrected chi connectivity index (χ4v) is 3.97. The van der Waals surface area contributed by atoms with Crippen LogP contribution in [-0.2, 0) is 9.59 Å². The standard InChI is InChI=1S/C25H34FN5O2/c1-18(2)16-31(25(33)19(3)4)17-24(32)30-13-5-12-29(14-15-30)23-11-10-22(27-28-23)20-6-8-21(26)9-7-20/h6-11,18-19H,5,12-17H2,1-4H3. The number of carbonyl (C=O) groups is 2. The van der Waals surface area contributed by atoms with E-state index < -0.39 is 0 Å². The van der Waals surface area contributed by atoms with Crippen molar-refractivity contribution in [2.45, 2.75) is 34.1 Å². The van der Waals surface area contributed by atoms with Crippen LogP contribution >= 0.6 is 0 Å². The molecule has 178 valence electrons. The largest absolute Gasteiger partial charge is 0.353 e. The molecule has 0 saturated carbocycles. The molecule has 3 rings (SSSR count). The minimum Gasteiger partial charge on any atom is -0.353 e.